The normalized spacial score (nSPS) is 12.4. The highest BCUT2D eigenvalue weighted by atomic mass is 79.9. The van der Waals surface area contributed by atoms with E-state index in [1.807, 2.05) is 34.9 Å². The Balaban J connectivity index is 2.16. The fourth-order valence-electron chi connectivity index (χ4n) is 3.90. The molecule has 3 aromatic rings. The van der Waals surface area contributed by atoms with E-state index in [1.54, 1.807) is 0 Å². The van der Waals surface area contributed by atoms with Crippen LogP contribution in [0.4, 0.5) is 5.69 Å². The number of nitrogens with zero attached hydrogens (tertiary/aromatic N) is 1. The van der Waals surface area contributed by atoms with Gasteiger partial charge in [0.2, 0.25) is 5.84 Å². The summed E-state index contributed by atoms with van der Waals surface area (Å²) >= 11 is 3.54. The lowest BCUT2D eigenvalue weighted by atomic mass is 9.85. The maximum absolute atomic E-state index is 9.13. The molecule has 0 radical (unpaired) electrons. The molecule has 0 aromatic heterocycles. The highest BCUT2D eigenvalue weighted by Crippen LogP contribution is 2.31. The number of benzene rings is 3. The standard InChI is InChI=1S/C28H32BrN3/c1-5-6-17-28(3,4)27(31)32(26(30)23-13-10-14-24(29)19-23)25-16-15-22(18-20(25)2)21-11-8-7-9-12-21/h7-16,18-19,30-31H,5-6,17H2,1-4H3/p+1. The van der Waals surface area contributed by atoms with Crippen LogP contribution in [0.5, 0.6) is 0 Å². The quantitative estimate of drug-likeness (QED) is 0.199. The van der Waals surface area contributed by atoms with E-state index in [4.69, 9.17) is 11.1 Å². The molecule has 3 aromatic carbocycles. The highest BCUT2D eigenvalue weighted by molar-refractivity contribution is 9.10. The number of nitrogens with one attached hydrogen (secondary N) is 1. The van der Waals surface area contributed by atoms with Gasteiger partial charge in [0.05, 0.1) is 11.0 Å². The van der Waals surface area contributed by atoms with Crippen molar-refractivity contribution in [1.82, 2.24) is 0 Å². The molecule has 3 N–H and O–H groups in total. The molecular weight excluding hydrogens is 458 g/mol. The Hall–Kier alpha value is -2.72. The highest BCUT2D eigenvalue weighted by Gasteiger charge is 2.32. The second-order valence-corrected chi connectivity index (χ2v) is 9.85. The van der Waals surface area contributed by atoms with Crippen LogP contribution in [0.2, 0.25) is 0 Å². The van der Waals surface area contributed by atoms with Crippen molar-refractivity contribution in [3.63, 3.8) is 0 Å². The minimum Gasteiger partial charge on any atom is -0.321 e. The van der Waals surface area contributed by atoms with Crippen LogP contribution in [0.15, 0.2) is 77.3 Å². The van der Waals surface area contributed by atoms with E-state index in [0.29, 0.717) is 11.7 Å². The monoisotopic (exact) mass is 490 g/mol. The Morgan fingerprint density at radius 1 is 0.969 bits per heavy atom. The summed E-state index contributed by atoms with van der Waals surface area (Å²) in [4.78, 5) is 0. The van der Waals surface area contributed by atoms with Crippen LogP contribution in [0.1, 0.15) is 51.2 Å². The maximum atomic E-state index is 9.13. The Bertz CT molecular complexity index is 1130. The molecule has 0 heterocycles. The third-order valence-electron chi connectivity index (χ3n) is 5.96. The van der Waals surface area contributed by atoms with Crippen LogP contribution in [0.25, 0.3) is 11.1 Å². The molecule has 0 amide bonds. The van der Waals surface area contributed by atoms with Gasteiger partial charge in [-0.1, -0.05) is 78.2 Å². The fourth-order valence-corrected chi connectivity index (χ4v) is 4.30. The minimum absolute atomic E-state index is 0.237. The first-order valence-electron chi connectivity index (χ1n) is 11.2. The van der Waals surface area contributed by atoms with Crippen molar-refractivity contribution in [2.75, 3.05) is 0 Å². The van der Waals surface area contributed by atoms with Gasteiger partial charge in [0.15, 0.2) is 0 Å². The van der Waals surface area contributed by atoms with E-state index in [1.165, 1.54) is 5.56 Å². The molecule has 0 bridgehead atoms. The molecule has 166 valence electrons. The van der Waals surface area contributed by atoms with Gasteiger partial charge in [-0.2, -0.15) is 9.98 Å². The summed E-state index contributed by atoms with van der Waals surface area (Å²) in [5, 5.41) is 9.13. The molecule has 0 unspecified atom stereocenters. The fraction of sp³-hybridized carbons (Fsp3) is 0.286. The summed E-state index contributed by atoms with van der Waals surface area (Å²) in [6.07, 6.45) is 3.18. The third kappa shape index (κ3) is 5.36. The van der Waals surface area contributed by atoms with Crippen LogP contribution < -0.4 is 5.73 Å². The number of hydrogen-bond donors (Lipinski definition) is 2. The number of halogens is 1. The maximum Gasteiger partial charge on any atom is 0.266 e. The molecule has 0 saturated carbocycles. The molecule has 32 heavy (non-hydrogen) atoms. The molecule has 0 saturated heterocycles. The van der Waals surface area contributed by atoms with Crippen LogP contribution in [-0.2, 0) is 0 Å². The molecule has 0 spiro atoms. The molecule has 0 aliphatic carbocycles. The number of nitrogens with two attached hydrogens (primary N) is 1. The van der Waals surface area contributed by atoms with Crippen LogP contribution in [0, 0.1) is 17.7 Å². The van der Waals surface area contributed by atoms with E-state index in [0.717, 1.165) is 46.1 Å². The van der Waals surface area contributed by atoms with Crippen LogP contribution in [-0.4, -0.2) is 16.2 Å². The molecule has 3 nitrogen and oxygen atoms in total. The zero-order valence-corrected chi connectivity index (χ0v) is 21.0. The largest absolute Gasteiger partial charge is 0.321 e. The average Bonchev–Trinajstić information content (AvgIpc) is 2.79. The van der Waals surface area contributed by atoms with Crippen molar-refractivity contribution in [3.8, 4) is 11.1 Å². The Labute approximate surface area is 200 Å². The second kappa shape index (κ2) is 10.3. The van der Waals surface area contributed by atoms with Crippen molar-refractivity contribution in [2.45, 2.75) is 47.0 Å². The zero-order chi connectivity index (χ0) is 23.3. The van der Waals surface area contributed by atoms with Crippen LogP contribution in [0.3, 0.4) is 0 Å². The van der Waals surface area contributed by atoms with Gasteiger partial charge in [-0.25, -0.2) is 0 Å². The molecule has 0 aliphatic rings. The SMILES string of the molecule is CCCCC(C)(C)C(N)=[N+](C(=N)c1cccc(Br)c1)c1ccc(-c2ccccc2)cc1C. The lowest BCUT2D eigenvalue weighted by molar-refractivity contribution is -0.315. The van der Waals surface area contributed by atoms with Crippen molar-refractivity contribution in [2.24, 2.45) is 11.1 Å². The molecule has 0 atom stereocenters. The van der Waals surface area contributed by atoms with Gasteiger partial charge >= 0.3 is 0 Å². The number of unbranched alkanes of at least 4 members (excludes halogenated alkanes) is 1. The van der Waals surface area contributed by atoms with Gasteiger partial charge in [0.1, 0.15) is 5.69 Å². The van der Waals surface area contributed by atoms with Gasteiger partial charge in [0, 0.05) is 4.47 Å². The van der Waals surface area contributed by atoms with E-state index in [9.17, 15) is 0 Å². The number of amidine groups is 2. The molecule has 4 heteroatoms. The van der Waals surface area contributed by atoms with E-state index < -0.39 is 0 Å². The number of aryl methyl sites for hydroxylation is 1. The summed E-state index contributed by atoms with van der Waals surface area (Å²) < 4.78 is 2.88. The lowest BCUT2D eigenvalue weighted by Crippen LogP contribution is -2.41. The van der Waals surface area contributed by atoms with E-state index in [2.05, 4.69) is 86.1 Å². The Morgan fingerprint density at radius 3 is 2.31 bits per heavy atom. The number of hydrogen-bond acceptors (Lipinski definition) is 1. The van der Waals surface area contributed by atoms with Gasteiger partial charge < -0.3 is 5.73 Å². The summed E-state index contributed by atoms with van der Waals surface area (Å²) in [6, 6.07) is 24.6. The molecule has 3 rings (SSSR count). The Kier molecular flexibility index (Phi) is 7.68. The first kappa shape index (κ1) is 23.9. The molecule has 0 fully saturated rings. The average molecular weight is 491 g/mol. The smallest absolute Gasteiger partial charge is 0.266 e. The minimum atomic E-state index is -0.237. The predicted molar refractivity (Wildman–Crippen MR) is 140 cm³/mol. The lowest BCUT2D eigenvalue weighted by Gasteiger charge is -2.25. The molecular formula is C28H33BrN3+. The first-order chi connectivity index (χ1) is 15.2. The van der Waals surface area contributed by atoms with Gasteiger partial charge in [0.25, 0.3) is 5.84 Å². The number of rotatable bonds is 7. The third-order valence-corrected chi connectivity index (χ3v) is 6.45. The van der Waals surface area contributed by atoms with Gasteiger partial charge in [-0.15, -0.1) is 0 Å². The van der Waals surface area contributed by atoms with Gasteiger partial charge in [-0.05, 0) is 74.2 Å². The van der Waals surface area contributed by atoms with Crippen molar-refractivity contribution in [1.29, 1.82) is 5.41 Å². The summed E-state index contributed by atoms with van der Waals surface area (Å²) in [7, 11) is 0. The zero-order valence-electron chi connectivity index (χ0n) is 19.5. The van der Waals surface area contributed by atoms with E-state index in [-0.39, 0.29) is 5.41 Å². The first-order valence-corrected chi connectivity index (χ1v) is 12.0. The van der Waals surface area contributed by atoms with E-state index >= 15 is 0 Å². The topological polar surface area (TPSA) is 52.9 Å². The summed E-state index contributed by atoms with van der Waals surface area (Å²) in [5.74, 6) is 1.08. The van der Waals surface area contributed by atoms with Crippen molar-refractivity contribution in [3.05, 3.63) is 88.4 Å². The summed E-state index contributed by atoms with van der Waals surface area (Å²) in [6.45, 7) is 8.63. The predicted octanol–water partition coefficient (Wildman–Crippen LogP) is 7.67. The summed E-state index contributed by atoms with van der Waals surface area (Å²) in [5.41, 5.74) is 11.8. The van der Waals surface area contributed by atoms with Crippen LogP contribution >= 0.6 is 15.9 Å². The molecule has 0 aliphatic heterocycles. The van der Waals surface area contributed by atoms with Gasteiger partial charge in [-0.3, -0.25) is 0 Å². The van der Waals surface area contributed by atoms with Crippen molar-refractivity contribution >= 4 is 33.3 Å². The Morgan fingerprint density at radius 2 is 1.69 bits per heavy atom. The van der Waals surface area contributed by atoms with Crippen molar-refractivity contribution < 1.29 is 4.58 Å². The second-order valence-electron chi connectivity index (χ2n) is 8.93.